The minimum Gasteiger partial charge on any atom is -0.382 e. The highest BCUT2D eigenvalue weighted by atomic mass is 32.2. The molecule has 0 aliphatic heterocycles. The minimum absolute atomic E-state index is 0.174. The molecule has 1 atom stereocenters. The van der Waals surface area contributed by atoms with Gasteiger partial charge >= 0.3 is 10.1 Å². The highest BCUT2D eigenvalue weighted by Crippen LogP contribution is 2.30. The Morgan fingerprint density at radius 2 is 1.80 bits per heavy atom. The molecule has 6 heteroatoms. The minimum atomic E-state index is -3.59. The molecule has 1 aliphatic rings. The van der Waals surface area contributed by atoms with Crippen molar-refractivity contribution in [3.8, 4) is 5.75 Å². The molecule has 5 nitrogen and oxygen atoms in total. The summed E-state index contributed by atoms with van der Waals surface area (Å²) in [4.78, 5) is 14.6. The summed E-state index contributed by atoms with van der Waals surface area (Å²) < 4.78 is 28.7. The number of rotatable bonds is 8. The summed E-state index contributed by atoms with van der Waals surface area (Å²) in [6, 6.07) is 7.14. The van der Waals surface area contributed by atoms with Gasteiger partial charge in [-0.1, -0.05) is 25.5 Å². The van der Waals surface area contributed by atoms with Crippen molar-refractivity contribution in [2.45, 2.75) is 71.2 Å². The largest absolute Gasteiger partial charge is 0.382 e. The molecule has 1 amide bonds. The Kier molecular flexibility index (Phi) is 6.49. The van der Waals surface area contributed by atoms with Crippen molar-refractivity contribution in [2.24, 2.45) is 5.92 Å². The molecule has 1 fully saturated rings. The first kappa shape index (κ1) is 19.8. The maximum atomic E-state index is 12.7. The van der Waals surface area contributed by atoms with Crippen molar-refractivity contribution < 1.29 is 17.4 Å². The summed E-state index contributed by atoms with van der Waals surface area (Å²) in [6.45, 7) is 7.86. The van der Waals surface area contributed by atoms with Crippen molar-refractivity contribution in [1.29, 1.82) is 0 Å². The highest BCUT2D eigenvalue weighted by Gasteiger charge is 2.31. The highest BCUT2D eigenvalue weighted by molar-refractivity contribution is 7.87. The van der Waals surface area contributed by atoms with E-state index in [0.29, 0.717) is 12.3 Å². The Morgan fingerprint density at radius 1 is 1.20 bits per heavy atom. The molecular weight excluding hydrogens is 338 g/mol. The summed E-state index contributed by atoms with van der Waals surface area (Å²) in [5.74, 6) is 0.717. The number of amides is 1. The number of nitrogens with zero attached hydrogens (tertiary/aromatic N) is 1. The van der Waals surface area contributed by atoms with Crippen LogP contribution in [0.15, 0.2) is 24.3 Å². The van der Waals surface area contributed by atoms with Crippen LogP contribution in [0.4, 0.5) is 0 Å². The van der Waals surface area contributed by atoms with Crippen LogP contribution in [0.5, 0.6) is 5.75 Å². The Hall–Kier alpha value is -1.56. The van der Waals surface area contributed by atoms with E-state index in [4.69, 9.17) is 4.18 Å². The molecule has 1 saturated carbocycles. The molecule has 0 aromatic heterocycles. The van der Waals surface area contributed by atoms with E-state index < -0.39 is 15.4 Å². The van der Waals surface area contributed by atoms with Gasteiger partial charge in [-0.2, -0.15) is 8.42 Å². The van der Waals surface area contributed by atoms with Gasteiger partial charge in [0, 0.05) is 18.5 Å². The Balaban J connectivity index is 2.08. The Labute approximate surface area is 151 Å². The van der Waals surface area contributed by atoms with Gasteiger partial charge in [0.1, 0.15) is 5.75 Å². The van der Waals surface area contributed by atoms with E-state index >= 15 is 0 Å². The molecule has 0 unspecified atom stereocenters. The Bertz CT molecular complexity index is 678. The fraction of sp³-hybridized carbons (Fsp3) is 0.632. The fourth-order valence-corrected chi connectivity index (χ4v) is 3.21. The molecule has 1 aromatic carbocycles. The van der Waals surface area contributed by atoms with Crippen LogP contribution in [-0.2, 0) is 21.5 Å². The number of hydrogen-bond donors (Lipinski definition) is 0. The zero-order chi connectivity index (χ0) is 18.6. The van der Waals surface area contributed by atoms with Crippen LogP contribution < -0.4 is 4.18 Å². The molecule has 1 aromatic rings. The third-order valence-corrected chi connectivity index (χ3v) is 6.51. The zero-order valence-corrected chi connectivity index (χ0v) is 16.4. The number of carbonyl (C=O) groups excluding carboxylic acids is 1. The van der Waals surface area contributed by atoms with Crippen LogP contribution in [-0.4, -0.2) is 30.5 Å². The van der Waals surface area contributed by atoms with Crippen molar-refractivity contribution in [2.75, 3.05) is 0 Å². The lowest BCUT2D eigenvalue weighted by Gasteiger charge is -2.35. The van der Waals surface area contributed by atoms with Gasteiger partial charge in [-0.3, -0.25) is 4.79 Å². The van der Waals surface area contributed by atoms with Gasteiger partial charge in [0.05, 0.1) is 5.25 Å². The summed E-state index contributed by atoms with van der Waals surface area (Å²) in [5.41, 5.74) is 0.974. The molecule has 0 spiro atoms. The molecule has 0 bridgehead atoms. The first-order valence-corrected chi connectivity index (χ1v) is 10.5. The van der Waals surface area contributed by atoms with Crippen LogP contribution >= 0.6 is 0 Å². The second-order valence-corrected chi connectivity index (χ2v) is 9.22. The summed E-state index contributed by atoms with van der Waals surface area (Å²) in [6.07, 6.45) is 4.03. The maximum Gasteiger partial charge on any atom is 0.311 e. The molecule has 0 radical (unpaired) electrons. The van der Waals surface area contributed by atoms with E-state index in [2.05, 4.69) is 13.8 Å². The van der Waals surface area contributed by atoms with Crippen LogP contribution in [0.3, 0.4) is 0 Å². The van der Waals surface area contributed by atoms with Crippen LogP contribution in [0.25, 0.3) is 0 Å². The van der Waals surface area contributed by atoms with Crippen molar-refractivity contribution in [3.63, 3.8) is 0 Å². The quantitative estimate of drug-likeness (QED) is 0.657. The molecule has 140 valence electrons. The predicted octanol–water partition coefficient (Wildman–Crippen LogP) is 3.73. The normalized spacial score (nSPS) is 16.4. The third kappa shape index (κ3) is 4.97. The molecular formula is C19H29NO4S. The fourth-order valence-electron chi connectivity index (χ4n) is 2.64. The first-order valence-electron chi connectivity index (χ1n) is 9.07. The van der Waals surface area contributed by atoms with E-state index in [1.165, 1.54) is 0 Å². The molecule has 2 rings (SSSR count). The second kappa shape index (κ2) is 8.21. The zero-order valence-electron chi connectivity index (χ0n) is 15.6. The van der Waals surface area contributed by atoms with Gasteiger partial charge in [0.2, 0.25) is 5.91 Å². The lowest BCUT2D eigenvalue weighted by molar-refractivity contribution is -0.141. The van der Waals surface area contributed by atoms with Gasteiger partial charge in [-0.05, 0) is 57.7 Å². The maximum absolute atomic E-state index is 12.7. The molecule has 1 aliphatic carbocycles. The summed E-state index contributed by atoms with van der Waals surface area (Å²) in [5, 5.41) is -0.590. The van der Waals surface area contributed by atoms with Gasteiger partial charge in [0.15, 0.2) is 0 Å². The topological polar surface area (TPSA) is 63.7 Å². The molecule has 0 heterocycles. The summed E-state index contributed by atoms with van der Waals surface area (Å²) in [7, 11) is -3.59. The van der Waals surface area contributed by atoms with Gasteiger partial charge < -0.3 is 9.08 Å². The average molecular weight is 368 g/mol. The molecule has 25 heavy (non-hydrogen) atoms. The summed E-state index contributed by atoms with van der Waals surface area (Å²) >= 11 is 0. The van der Waals surface area contributed by atoms with Crippen LogP contribution in [0.1, 0.15) is 58.9 Å². The third-order valence-electron chi connectivity index (χ3n) is 4.93. The smallest absolute Gasteiger partial charge is 0.311 e. The van der Waals surface area contributed by atoms with Gasteiger partial charge in [0.25, 0.3) is 0 Å². The lowest BCUT2D eigenvalue weighted by atomic mass is 9.84. The van der Waals surface area contributed by atoms with E-state index in [1.807, 2.05) is 17.0 Å². The lowest BCUT2D eigenvalue weighted by Crippen LogP contribution is -2.43. The van der Waals surface area contributed by atoms with E-state index in [-0.39, 0.29) is 17.9 Å². The SMILES string of the molecule is CC[C@@H](C)N(Cc1ccc(OS(=O)(=O)C(C)C)cc1)C(=O)C1CCC1. The number of benzene rings is 1. The van der Waals surface area contributed by atoms with Gasteiger partial charge in [-0.25, -0.2) is 0 Å². The Morgan fingerprint density at radius 3 is 2.24 bits per heavy atom. The van der Waals surface area contributed by atoms with Crippen LogP contribution in [0.2, 0.25) is 0 Å². The van der Waals surface area contributed by atoms with Crippen molar-refractivity contribution >= 4 is 16.0 Å². The number of hydrogen-bond acceptors (Lipinski definition) is 4. The van der Waals surface area contributed by atoms with Crippen LogP contribution in [0, 0.1) is 5.92 Å². The van der Waals surface area contributed by atoms with Crippen molar-refractivity contribution in [3.05, 3.63) is 29.8 Å². The van der Waals surface area contributed by atoms with Gasteiger partial charge in [-0.15, -0.1) is 0 Å². The van der Waals surface area contributed by atoms with E-state index in [9.17, 15) is 13.2 Å². The number of carbonyl (C=O) groups is 1. The standard InChI is InChI=1S/C19H29NO4S/c1-5-15(4)20(19(21)17-7-6-8-17)13-16-9-11-18(12-10-16)24-25(22,23)14(2)3/h9-12,14-15,17H,5-8,13H2,1-4H3/t15-/m1/s1. The second-order valence-electron chi connectivity index (χ2n) is 7.12. The average Bonchev–Trinajstić information content (AvgIpc) is 2.51. The van der Waals surface area contributed by atoms with E-state index in [1.54, 1.807) is 26.0 Å². The monoisotopic (exact) mass is 367 g/mol. The first-order chi connectivity index (χ1) is 11.7. The predicted molar refractivity (Wildman–Crippen MR) is 98.8 cm³/mol. The van der Waals surface area contributed by atoms with E-state index in [0.717, 1.165) is 31.2 Å². The molecule has 0 N–H and O–H groups in total. The molecule has 0 saturated heterocycles. The van der Waals surface area contributed by atoms with Crippen molar-refractivity contribution in [1.82, 2.24) is 4.90 Å².